The smallest absolute Gasteiger partial charge is 0.248 e. The Morgan fingerprint density at radius 3 is 2.72 bits per heavy atom. The molecule has 2 aromatic heterocycles. The van der Waals surface area contributed by atoms with Crippen molar-refractivity contribution in [2.75, 3.05) is 20.2 Å². The minimum absolute atomic E-state index is 0. The van der Waals surface area contributed by atoms with Crippen LogP contribution in [0.15, 0.2) is 42.7 Å². The molecular formula is C24H30ClN5O2. The number of ether oxygens (including phenoxy) is 1. The number of primary amides is 1. The molecule has 1 saturated carbocycles. The molecule has 2 aliphatic rings. The predicted molar refractivity (Wildman–Crippen MR) is 126 cm³/mol. The highest BCUT2D eigenvalue weighted by Crippen LogP contribution is 2.52. The normalized spacial score (nSPS) is 26.4. The van der Waals surface area contributed by atoms with Crippen LogP contribution in [0.1, 0.15) is 53.8 Å². The SMILES string of the molecule is COC1(c2cccc(C(N)=O)c2)C2CCCC1CN([C@H](C)c1[nH]nc3cnccc13)C2.Cl. The summed E-state index contributed by atoms with van der Waals surface area (Å²) in [4.78, 5) is 18.5. The Labute approximate surface area is 194 Å². The number of halogens is 1. The number of likely N-dealkylation sites (tertiary alicyclic amines) is 1. The van der Waals surface area contributed by atoms with Gasteiger partial charge in [-0.1, -0.05) is 18.6 Å². The van der Waals surface area contributed by atoms with Gasteiger partial charge in [0.25, 0.3) is 0 Å². The number of piperidine rings is 1. The van der Waals surface area contributed by atoms with Gasteiger partial charge in [-0.2, -0.15) is 5.10 Å². The maximum atomic E-state index is 11.8. The molecule has 3 aromatic rings. The minimum Gasteiger partial charge on any atom is -0.373 e. The molecule has 3 N–H and O–H groups in total. The highest BCUT2D eigenvalue weighted by Gasteiger charge is 2.53. The van der Waals surface area contributed by atoms with Crippen molar-refractivity contribution < 1.29 is 9.53 Å². The van der Waals surface area contributed by atoms with Crippen LogP contribution in [0.4, 0.5) is 0 Å². The number of nitrogens with one attached hydrogen (secondary N) is 1. The molecule has 0 spiro atoms. The third kappa shape index (κ3) is 3.49. The molecule has 170 valence electrons. The number of benzene rings is 1. The largest absolute Gasteiger partial charge is 0.373 e. The molecule has 7 nitrogen and oxygen atoms in total. The van der Waals surface area contributed by atoms with Gasteiger partial charge < -0.3 is 10.5 Å². The molecule has 2 fully saturated rings. The van der Waals surface area contributed by atoms with E-state index in [1.54, 1.807) is 12.3 Å². The van der Waals surface area contributed by atoms with Crippen LogP contribution in [0.2, 0.25) is 0 Å². The minimum atomic E-state index is -0.398. The number of pyridine rings is 1. The number of aromatic nitrogens is 3. The lowest BCUT2D eigenvalue weighted by Crippen LogP contribution is -2.59. The molecule has 1 aromatic carbocycles. The molecule has 5 rings (SSSR count). The van der Waals surface area contributed by atoms with E-state index < -0.39 is 5.91 Å². The molecule has 32 heavy (non-hydrogen) atoms. The summed E-state index contributed by atoms with van der Waals surface area (Å²) in [5.74, 6) is 0.280. The second kappa shape index (κ2) is 8.81. The molecule has 2 bridgehead atoms. The van der Waals surface area contributed by atoms with E-state index in [4.69, 9.17) is 10.5 Å². The number of carbonyl (C=O) groups excluding carboxylic acids is 1. The molecular weight excluding hydrogens is 426 g/mol. The van der Waals surface area contributed by atoms with Crippen molar-refractivity contribution in [2.45, 2.75) is 37.8 Å². The van der Waals surface area contributed by atoms with E-state index in [9.17, 15) is 4.79 Å². The summed E-state index contributed by atoms with van der Waals surface area (Å²) in [7, 11) is 1.82. The number of rotatable bonds is 5. The monoisotopic (exact) mass is 455 g/mol. The molecule has 3 atom stereocenters. The number of fused-ring (bicyclic) bond motifs is 3. The van der Waals surface area contributed by atoms with Crippen molar-refractivity contribution >= 4 is 29.2 Å². The van der Waals surface area contributed by atoms with E-state index >= 15 is 0 Å². The van der Waals surface area contributed by atoms with E-state index in [1.807, 2.05) is 31.5 Å². The van der Waals surface area contributed by atoms with Gasteiger partial charge in [-0.05, 0) is 43.5 Å². The van der Waals surface area contributed by atoms with Crippen LogP contribution < -0.4 is 5.73 Å². The van der Waals surface area contributed by atoms with Gasteiger partial charge >= 0.3 is 0 Å². The Morgan fingerprint density at radius 1 is 1.28 bits per heavy atom. The molecule has 1 saturated heterocycles. The Kier molecular flexibility index (Phi) is 6.25. The van der Waals surface area contributed by atoms with Gasteiger partial charge in [-0.3, -0.25) is 19.8 Å². The van der Waals surface area contributed by atoms with Crippen LogP contribution >= 0.6 is 12.4 Å². The van der Waals surface area contributed by atoms with Crippen molar-refractivity contribution in [3.8, 4) is 0 Å². The second-order valence-corrected chi connectivity index (χ2v) is 8.93. The summed E-state index contributed by atoms with van der Waals surface area (Å²) in [6.07, 6.45) is 7.02. The van der Waals surface area contributed by atoms with Gasteiger partial charge in [0, 0.05) is 55.2 Å². The molecule has 3 heterocycles. The summed E-state index contributed by atoms with van der Waals surface area (Å²) in [5.41, 5.74) is 8.83. The lowest BCUT2D eigenvalue weighted by molar-refractivity contribution is -0.174. The van der Waals surface area contributed by atoms with Crippen LogP contribution in [0, 0.1) is 11.8 Å². The number of H-pyrrole nitrogens is 1. The van der Waals surface area contributed by atoms with Gasteiger partial charge in [-0.15, -0.1) is 12.4 Å². The maximum Gasteiger partial charge on any atom is 0.248 e. The third-order valence-corrected chi connectivity index (χ3v) is 7.52. The van der Waals surface area contributed by atoms with Crippen molar-refractivity contribution in [1.82, 2.24) is 20.1 Å². The average molecular weight is 456 g/mol. The van der Waals surface area contributed by atoms with Crippen LogP contribution in [0.3, 0.4) is 0 Å². The van der Waals surface area contributed by atoms with Gasteiger partial charge in [0.15, 0.2) is 0 Å². The van der Waals surface area contributed by atoms with Crippen LogP contribution in [0.25, 0.3) is 10.9 Å². The number of nitrogens with two attached hydrogens (primary N) is 1. The van der Waals surface area contributed by atoms with Crippen LogP contribution in [-0.2, 0) is 10.3 Å². The van der Waals surface area contributed by atoms with E-state index in [1.165, 1.54) is 6.42 Å². The first-order valence-electron chi connectivity index (χ1n) is 11.0. The zero-order chi connectivity index (χ0) is 21.6. The number of hydrogen-bond donors (Lipinski definition) is 2. The van der Waals surface area contributed by atoms with E-state index in [2.05, 4.69) is 33.1 Å². The summed E-state index contributed by atoms with van der Waals surface area (Å²) in [5, 5.41) is 8.82. The highest BCUT2D eigenvalue weighted by molar-refractivity contribution is 5.93. The Balaban J connectivity index is 0.00000245. The summed E-state index contributed by atoms with van der Waals surface area (Å²) < 4.78 is 6.35. The van der Waals surface area contributed by atoms with Crippen molar-refractivity contribution in [1.29, 1.82) is 0 Å². The quantitative estimate of drug-likeness (QED) is 0.609. The predicted octanol–water partition coefficient (Wildman–Crippen LogP) is 3.81. The maximum absolute atomic E-state index is 11.8. The zero-order valence-corrected chi connectivity index (χ0v) is 19.3. The van der Waals surface area contributed by atoms with E-state index in [-0.39, 0.29) is 24.0 Å². The highest BCUT2D eigenvalue weighted by atomic mass is 35.5. The van der Waals surface area contributed by atoms with Gasteiger partial charge in [-0.25, -0.2) is 0 Å². The number of methoxy groups -OCH3 is 1. The van der Waals surface area contributed by atoms with Crippen molar-refractivity contribution in [3.05, 3.63) is 59.5 Å². The standard InChI is InChI=1S/C24H29N5O2.ClH/c1-15(22-20-9-10-26-12-21(20)27-28-22)29-13-18-7-4-8-19(14-29)24(18,31-2)17-6-3-5-16(11-17)23(25)30;/h3,5-6,9-12,15,18-19H,4,7-8,13-14H2,1-2H3,(H2,25,30)(H,27,28);1H/t15-,18?,19?,24?;/m1./s1. The summed E-state index contributed by atoms with van der Waals surface area (Å²) >= 11 is 0. The molecule has 1 aliphatic carbocycles. The average Bonchev–Trinajstić information content (AvgIpc) is 3.21. The Bertz CT molecular complexity index is 1100. The topological polar surface area (TPSA) is 97.1 Å². The Hall–Kier alpha value is -2.48. The van der Waals surface area contributed by atoms with E-state index in [0.29, 0.717) is 17.4 Å². The van der Waals surface area contributed by atoms with Crippen LogP contribution in [-0.4, -0.2) is 46.2 Å². The molecule has 1 aliphatic heterocycles. The molecule has 1 amide bonds. The van der Waals surface area contributed by atoms with Gasteiger partial charge in [0.2, 0.25) is 5.91 Å². The second-order valence-electron chi connectivity index (χ2n) is 8.93. The van der Waals surface area contributed by atoms with Crippen molar-refractivity contribution in [2.24, 2.45) is 17.6 Å². The number of hydrogen-bond acceptors (Lipinski definition) is 5. The number of aromatic amines is 1. The summed E-state index contributed by atoms with van der Waals surface area (Å²) in [6, 6.07) is 9.97. The fourth-order valence-corrected chi connectivity index (χ4v) is 6.01. The molecule has 2 unspecified atom stereocenters. The first-order valence-corrected chi connectivity index (χ1v) is 11.0. The third-order valence-electron chi connectivity index (χ3n) is 7.52. The van der Waals surface area contributed by atoms with Gasteiger partial charge in [0.05, 0.1) is 11.9 Å². The number of amides is 1. The fourth-order valence-electron chi connectivity index (χ4n) is 6.01. The van der Waals surface area contributed by atoms with Gasteiger partial charge in [0.1, 0.15) is 11.1 Å². The zero-order valence-electron chi connectivity index (χ0n) is 18.5. The fraction of sp³-hybridized carbons (Fsp3) is 0.458. The molecule has 8 heteroatoms. The molecule has 0 radical (unpaired) electrons. The van der Waals surface area contributed by atoms with Crippen LogP contribution in [0.5, 0.6) is 0 Å². The summed E-state index contributed by atoms with van der Waals surface area (Å²) in [6.45, 7) is 4.10. The van der Waals surface area contributed by atoms with Crippen molar-refractivity contribution in [3.63, 3.8) is 0 Å². The number of carbonyl (C=O) groups is 1. The first kappa shape index (κ1) is 22.7. The lowest BCUT2D eigenvalue weighted by Gasteiger charge is -2.56. The Morgan fingerprint density at radius 2 is 2.03 bits per heavy atom. The first-order chi connectivity index (χ1) is 15.0. The lowest BCUT2D eigenvalue weighted by atomic mass is 9.62. The number of nitrogens with zero attached hydrogens (tertiary/aromatic N) is 3. The van der Waals surface area contributed by atoms with E-state index in [0.717, 1.165) is 48.1 Å².